The molecule has 1 aromatic carbocycles. The number of carbonyl (C=O) groups excluding carboxylic acids is 1. The highest BCUT2D eigenvalue weighted by atomic mass is 16.5. The van der Waals surface area contributed by atoms with E-state index in [0.717, 1.165) is 17.0 Å². The van der Waals surface area contributed by atoms with Gasteiger partial charge < -0.3 is 20.1 Å². The molecular formula is C14H22N2O3. The van der Waals surface area contributed by atoms with Crippen LogP contribution >= 0.6 is 0 Å². The molecule has 0 heterocycles. The van der Waals surface area contributed by atoms with E-state index in [1.807, 2.05) is 37.2 Å². The second-order valence-corrected chi connectivity index (χ2v) is 4.45. The van der Waals surface area contributed by atoms with Gasteiger partial charge in [-0.15, -0.1) is 0 Å². The summed E-state index contributed by atoms with van der Waals surface area (Å²) < 4.78 is 10.2. The fourth-order valence-corrected chi connectivity index (χ4v) is 1.75. The summed E-state index contributed by atoms with van der Waals surface area (Å²) >= 11 is 0. The normalized spacial score (nSPS) is 11.8. The molecule has 0 aliphatic heterocycles. The molecule has 5 nitrogen and oxygen atoms in total. The van der Waals surface area contributed by atoms with Gasteiger partial charge in [0.1, 0.15) is 11.8 Å². The largest absolute Gasteiger partial charge is 0.496 e. The zero-order valence-electron chi connectivity index (χ0n) is 12.0. The Morgan fingerprint density at radius 3 is 2.63 bits per heavy atom. The van der Waals surface area contributed by atoms with E-state index < -0.39 is 6.04 Å². The second-order valence-electron chi connectivity index (χ2n) is 4.45. The van der Waals surface area contributed by atoms with Crippen LogP contribution in [0.4, 0.5) is 5.69 Å². The topological polar surface area (TPSA) is 64.8 Å². The van der Waals surface area contributed by atoms with Gasteiger partial charge >= 0.3 is 5.97 Å². The quantitative estimate of drug-likeness (QED) is 0.784. The summed E-state index contributed by atoms with van der Waals surface area (Å²) in [6.07, 6.45) is 0.399. The summed E-state index contributed by atoms with van der Waals surface area (Å²) in [6.45, 7) is 2.10. The molecule has 1 rings (SSSR count). The van der Waals surface area contributed by atoms with E-state index in [-0.39, 0.29) is 5.97 Å². The molecule has 19 heavy (non-hydrogen) atoms. The van der Waals surface area contributed by atoms with Crippen molar-refractivity contribution in [2.75, 3.05) is 32.7 Å². The summed E-state index contributed by atoms with van der Waals surface area (Å²) in [5.41, 5.74) is 7.75. The average Bonchev–Trinajstić information content (AvgIpc) is 2.39. The van der Waals surface area contributed by atoms with E-state index in [9.17, 15) is 4.79 Å². The summed E-state index contributed by atoms with van der Waals surface area (Å²) in [4.78, 5) is 13.5. The zero-order valence-corrected chi connectivity index (χ0v) is 12.0. The van der Waals surface area contributed by atoms with Gasteiger partial charge in [-0.25, -0.2) is 0 Å². The van der Waals surface area contributed by atoms with Gasteiger partial charge in [-0.3, -0.25) is 4.79 Å². The van der Waals surface area contributed by atoms with Crippen molar-refractivity contribution in [3.8, 4) is 5.75 Å². The highest BCUT2D eigenvalue weighted by Gasteiger charge is 2.17. The van der Waals surface area contributed by atoms with Crippen LogP contribution < -0.4 is 15.4 Å². The number of nitrogens with zero attached hydrogens (tertiary/aromatic N) is 1. The Labute approximate surface area is 114 Å². The Morgan fingerprint density at radius 2 is 2.11 bits per heavy atom. The highest BCUT2D eigenvalue weighted by molar-refractivity contribution is 5.76. The fraction of sp³-hybridized carbons (Fsp3) is 0.500. The van der Waals surface area contributed by atoms with Gasteiger partial charge in [0.2, 0.25) is 0 Å². The SMILES string of the molecule is CCOC(=O)C(N)Cc1ccc(N(C)C)cc1OC. The minimum absolute atomic E-state index is 0.337. The van der Waals surface area contributed by atoms with Crippen LogP contribution in [0.5, 0.6) is 5.75 Å². The minimum atomic E-state index is -0.668. The maximum Gasteiger partial charge on any atom is 0.323 e. The summed E-state index contributed by atoms with van der Waals surface area (Å²) in [5, 5.41) is 0. The summed E-state index contributed by atoms with van der Waals surface area (Å²) in [5.74, 6) is 0.340. The van der Waals surface area contributed by atoms with E-state index in [2.05, 4.69) is 0 Å². The van der Waals surface area contributed by atoms with Gasteiger partial charge in [0, 0.05) is 32.3 Å². The maximum absolute atomic E-state index is 11.5. The van der Waals surface area contributed by atoms with E-state index in [1.54, 1.807) is 14.0 Å². The molecule has 0 spiro atoms. The first-order chi connectivity index (χ1) is 8.99. The van der Waals surface area contributed by atoms with Gasteiger partial charge in [0.25, 0.3) is 0 Å². The highest BCUT2D eigenvalue weighted by Crippen LogP contribution is 2.25. The lowest BCUT2D eigenvalue weighted by Gasteiger charge is -2.17. The number of ether oxygens (including phenoxy) is 2. The summed E-state index contributed by atoms with van der Waals surface area (Å²) in [6, 6.07) is 5.15. The van der Waals surface area contributed by atoms with Gasteiger partial charge in [-0.1, -0.05) is 6.07 Å². The first-order valence-electron chi connectivity index (χ1n) is 6.26. The van der Waals surface area contributed by atoms with Crippen molar-refractivity contribution in [3.63, 3.8) is 0 Å². The lowest BCUT2D eigenvalue weighted by atomic mass is 10.0. The van der Waals surface area contributed by atoms with Crippen molar-refractivity contribution in [3.05, 3.63) is 23.8 Å². The molecule has 1 atom stereocenters. The van der Waals surface area contributed by atoms with Gasteiger partial charge in [0.15, 0.2) is 0 Å². The van der Waals surface area contributed by atoms with Gasteiger partial charge in [-0.2, -0.15) is 0 Å². The molecule has 0 saturated heterocycles. The lowest BCUT2D eigenvalue weighted by Crippen LogP contribution is -2.34. The van der Waals surface area contributed by atoms with Crippen LogP contribution in [0.1, 0.15) is 12.5 Å². The molecule has 0 fully saturated rings. The Bertz CT molecular complexity index is 433. The van der Waals surface area contributed by atoms with Crippen LogP contribution in [-0.2, 0) is 16.0 Å². The number of esters is 1. The molecular weight excluding hydrogens is 244 g/mol. The number of rotatable bonds is 6. The van der Waals surface area contributed by atoms with Crippen LogP contribution in [0.2, 0.25) is 0 Å². The van der Waals surface area contributed by atoms with Crippen molar-refractivity contribution in [2.24, 2.45) is 5.73 Å². The third-order valence-electron chi connectivity index (χ3n) is 2.82. The smallest absolute Gasteiger partial charge is 0.323 e. The molecule has 2 N–H and O–H groups in total. The van der Waals surface area contributed by atoms with Crippen LogP contribution in [-0.4, -0.2) is 39.8 Å². The molecule has 0 bridgehead atoms. The number of benzene rings is 1. The van der Waals surface area contributed by atoms with Crippen molar-refractivity contribution >= 4 is 11.7 Å². The van der Waals surface area contributed by atoms with Gasteiger partial charge in [0.05, 0.1) is 13.7 Å². The van der Waals surface area contributed by atoms with Crippen LogP contribution in [0.3, 0.4) is 0 Å². The van der Waals surface area contributed by atoms with Gasteiger partial charge in [-0.05, 0) is 18.6 Å². The zero-order chi connectivity index (χ0) is 14.4. The Kier molecular flexibility index (Phi) is 5.63. The molecule has 1 aromatic rings. The lowest BCUT2D eigenvalue weighted by molar-refractivity contribution is -0.144. The number of carbonyl (C=O) groups is 1. The van der Waals surface area contributed by atoms with E-state index in [4.69, 9.17) is 15.2 Å². The molecule has 0 amide bonds. The van der Waals surface area contributed by atoms with Crippen molar-refractivity contribution in [2.45, 2.75) is 19.4 Å². The standard InChI is InChI=1S/C14H22N2O3/c1-5-19-14(17)12(15)8-10-6-7-11(16(2)3)9-13(10)18-4/h6-7,9,12H,5,8,15H2,1-4H3. The Balaban J connectivity index is 2.86. The molecule has 106 valence electrons. The molecule has 0 aliphatic carbocycles. The third kappa shape index (κ3) is 4.13. The number of methoxy groups -OCH3 is 1. The molecule has 1 unspecified atom stereocenters. The predicted octanol–water partition coefficient (Wildman–Crippen LogP) is 1.19. The van der Waals surface area contributed by atoms with Crippen LogP contribution in [0.25, 0.3) is 0 Å². The van der Waals surface area contributed by atoms with Crippen LogP contribution in [0.15, 0.2) is 18.2 Å². The van der Waals surface area contributed by atoms with E-state index in [0.29, 0.717) is 13.0 Å². The van der Waals surface area contributed by atoms with Crippen molar-refractivity contribution in [1.29, 1.82) is 0 Å². The first-order valence-corrected chi connectivity index (χ1v) is 6.26. The predicted molar refractivity (Wildman–Crippen MR) is 75.6 cm³/mol. The number of nitrogens with two attached hydrogens (primary N) is 1. The second kappa shape index (κ2) is 6.99. The summed E-state index contributed by atoms with van der Waals surface area (Å²) in [7, 11) is 5.52. The number of hydrogen-bond acceptors (Lipinski definition) is 5. The molecule has 0 radical (unpaired) electrons. The third-order valence-corrected chi connectivity index (χ3v) is 2.82. The van der Waals surface area contributed by atoms with Crippen molar-refractivity contribution in [1.82, 2.24) is 0 Å². The number of anilines is 1. The van der Waals surface area contributed by atoms with Crippen LogP contribution in [0, 0.1) is 0 Å². The fourth-order valence-electron chi connectivity index (χ4n) is 1.75. The van der Waals surface area contributed by atoms with E-state index >= 15 is 0 Å². The molecule has 5 heteroatoms. The van der Waals surface area contributed by atoms with E-state index in [1.165, 1.54) is 0 Å². The minimum Gasteiger partial charge on any atom is -0.496 e. The Hall–Kier alpha value is -1.75. The number of hydrogen-bond donors (Lipinski definition) is 1. The molecule has 0 aromatic heterocycles. The van der Waals surface area contributed by atoms with Crippen molar-refractivity contribution < 1.29 is 14.3 Å². The maximum atomic E-state index is 11.5. The first kappa shape index (κ1) is 15.3. The molecule has 0 saturated carbocycles. The molecule has 0 aliphatic rings. The monoisotopic (exact) mass is 266 g/mol. The Morgan fingerprint density at radius 1 is 1.42 bits per heavy atom. The average molecular weight is 266 g/mol.